The summed E-state index contributed by atoms with van der Waals surface area (Å²) in [5.41, 5.74) is 2.79. The summed E-state index contributed by atoms with van der Waals surface area (Å²) in [5.74, 6) is 1.86. The number of rotatable bonds is 3. The van der Waals surface area contributed by atoms with Crippen LogP contribution in [0, 0.1) is 6.92 Å². The largest absolute Gasteiger partial charge is 0.343 e. The van der Waals surface area contributed by atoms with Gasteiger partial charge in [-0.25, -0.2) is 4.98 Å². The number of anilines is 1. The lowest BCUT2D eigenvalue weighted by Crippen LogP contribution is -2.54. The molecule has 0 N–H and O–H groups in total. The second-order valence-electron chi connectivity index (χ2n) is 6.77. The number of benzene rings is 1. The number of likely N-dealkylation sites (N-methyl/N-ethyl adjacent to an activating group) is 1. The van der Waals surface area contributed by atoms with Gasteiger partial charge in [0, 0.05) is 31.9 Å². The molecule has 7 heteroatoms. The number of carbonyl (C=O) groups excluding carboxylic acids is 1. The Hall–Kier alpha value is -3.22. The van der Waals surface area contributed by atoms with Crippen molar-refractivity contribution in [1.29, 1.82) is 0 Å². The Balaban J connectivity index is 1.57. The standard InChI is InChI=1S/C20H21N5O2/c1-13-6-4-5-7-16(13)18-22-19(27-23-18)15-8-9-17(21-12-15)25-11-10-24(3)20(26)14(25)2/h4-9,12,14H,10-11H2,1-3H3/t14-/m0/s1. The van der Waals surface area contributed by atoms with E-state index in [1.54, 1.807) is 11.1 Å². The predicted molar refractivity (Wildman–Crippen MR) is 102 cm³/mol. The number of aromatic nitrogens is 3. The summed E-state index contributed by atoms with van der Waals surface area (Å²) in [6, 6.07) is 11.5. The molecule has 3 aromatic rings. The van der Waals surface area contributed by atoms with Crippen molar-refractivity contribution in [1.82, 2.24) is 20.0 Å². The third-order valence-electron chi connectivity index (χ3n) is 4.98. The van der Waals surface area contributed by atoms with Crippen molar-refractivity contribution < 1.29 is 9.32 Å². The van der Waals surface area contributed by atoms with Crippen molar-refractivity contribution in [2.24, 2.45) is 0 Å². The zero-order chi connectivity index (χ0) is 19.0. The van der Waals surface area contributed by atoms with Gasteiger partial charge in [-0.15, -0.1) is 0 Å². The first kappa shape index (κ1) is 17.2. The van der Waals surface area contributed by atoms with Crippen LogP contribution in [-0.2, 0) is 4.79 Å². The fraction of sp³-hybridized carbons (Fsp3) is 0.300. The van der Waals surface area contributed by atoms with E-state index in [1.165, 1.54) is 0 Å². The van der Waals surface area contributed by atoms with Crippen molar-refractivity contribution in [3.8, 4) is 22.8 Å². The molecular weight excluding hydrogens is 342 g/mol. The molecule has 0 spiro atoms. The summed E-state index contributed by atoms with van der Waals surface area (Å²) in [6.07, 6.45) is 1.71. The minimum absolute atomic E-state index is 0.104. The number of nitrogens with zero attached hydrogens (tertiary/aromatic N) is 5. The summed E-state index contributed by atoms with van der Waals surface area (Å²) in [6.45, 7) is 5.37. The fourth-order valence-corrected chi connectivity index (χ4v) is 3.28. The van der Waals surface area contributed by atoms with E-state index in [-0.39, 0.29) is 11.9 Å². The zero-order valence-electron chi connectivity index (χ0n) is 15.6. The highest BCUT2D eigenvalue weighted by Gasteiger charge is 2.30. The van der Waals surface area contributed by atoms with E-state index in [4.69, 9.17) is 4.52 Å². The van der Waals surface area contributed by atoms with Crippen LogP contribution in [0.1, 0.15) is 12.5 Å². The van der Waals surface area contributed by atoms with Crippen LogP contribution in [-0.4, -0.2) is 52.1 Å². The van der Waals surface area contributed by atoms with E-state index in [2.05, 4.69) is 15.1 Å². The molecule has 1 atom stereocenters. The summed E-state index contributed by atoms with van der Waals surface area (Å²) in [5, 5.41) is 4.09. The van der Waals surface area contributed by atoms with Crippen LogP contribution in [0.15, 0.2) is 47.1 Å². The monoisotopic (exact) mass is 363 g/mol. The molecule has 0 bridgehead atoms. The summed E-state index contributed by atoms with van der Waals surface area (Å²) >= 11 is 0. The van der Waals surface area contributed by atoms with Crippen LogP contribution in [0.4, 0.5) is 5.82 Å². The number of hydrogen-bond donors (Lipinski definition) is 0. The summed E-state index contributed by atoms with van der Waals surface area (Å²) in [4.78, 5) is 25.0. The van der Waals surface area contributed by atoms with Crippen molar-refractivity contribution in [3.05, 3.63) is 48.2 Å². The number of hydrogen-bond acceptors (Lipinski definition) is 6. The van der Waals surface area contributed by atoms with Crippen LogP contribution < -0.4 is 4.90 Å². The average molecular weight is 363 g/mol. The lowest BCUT2D eigenvalue weighted by Gasteiger charge is -2.38. The number of amides is 1. The van der Waals surface area contributed by atoms with Crippen molar-refractivity contribution in [2.45, 2.75) is 19.9 Å². The molecule has 4 rings (SSSR count). The second kappa shape index (κ2) is 6.83. The highest BCUT2D eigenvalue weighted by atomic mass is 16.5. The Morgan fingerprint density at radius 3 is 2.70 bits per heavy atom. The first-order valence-corrected chi connectivity index (χ1v) is 8.92. The van der Waals surface area contributed by atoms with E-state index in [1.807, 2.05) is 62.2 Å². The zero-order valence-corrected chi connectivity index (χ0v) is 15.6. The number of aryl methyl sites for hydroxylation is 1. The van der Waals surface area contributed by atoms with Gasteiger partial charge in [-0.1, -0.05) is 29.4 Å². The third kappa shape index (κ3) is 3.16. The molecule has 1 aliphatic rings. The van der Waals surface area contributed by atoms with E-state index in [0.29, 0.717) is 18.3 Å². The van der Waals surface area contributed by atoms with Gasteiger partial charge in [-0.2, -0.15) is 4.98 Å². The normalized spacial score (nSPS) is 17.4. The number of carbonyl (C=O) groups is 1. The molecule has 2 aromatic heterocycles. The second-order valence-corrected chi connectivity index (χ2v) is 6.77. The molecule has 1 aromatic carbocycles. The van der Waals surface area contributed by atoms with Gasteiger partial charge in [0.05, 0.1) is 5.56 Å². The molecule has 0 radical (unpaired) electrons. The highest BCUT2D eigenvalue weighted by molar-refractivity contribution is 5.85. The van der Waals surface area contributed by atoms with E-state index in [9.17, 15) is 4.79 Å². The number of piperazine rings is 1. The maximum Gasteiger partial charge on any atom is 0.259 e. The van der Waals surface area contributed by atoms with E-state index >= 15 is 0 Å². The van der Waals surface area contributed by atoms with Crippen LogP contribution in [0.5, 0.6) is 0 Å². The number of pyridine rings is 1. The van der Waals surface area contributed by atoms with Crippen molar-refractivity contribution >= 4 is 11.7 Å². The molecule has 0 aliphatic carbocycles. The first-order chi connectivity index (χ1) is 13.0. The Kier molecular flexibility index (Phi) is 4.35. The Morgan fingerprint density at radius 1 is 1.15 bits per heavy atom. The Labute approximate surface area is 157 Å². The maximum atomic E-state index is 12.2. The fourth-order valence-electron chi connectivity index (χ4n) is 3.28. The molecular formula is C20H21N5O2. The van der Waals surface area contributed by atoms with Gasteiger partial charge in [0.2, 0.25) is 11.7 Å². The molecule has 0 saturated carbocycles. The SMILES string of the molecule is Cc1ccccc1-c1noc(-c2ccc(N3CCN(C)C(=O)[C@@H]3C)nc2)n1. The molecule has 27 heavy (non-hydrogen) atoms. The van der Waals surface area contributed by atoms with Gasteiger partial charge >= 0.3 is 0 Å². The van der Waals surface area contributed by atoms with Crippen molar-refractivity contribution in [2.75, 3.05) is 25.0 Å². The minimum atomic E-state index is -0.224. The predicted octanol–water partition coefficient (Wildman–Crippen LogP) is 2.77. The topological polar surface area (TPSA) is 75.4 Å². The highest BCUT2D eigenvalue weighted by Crippen LogP contribution is 2.26. The van der Waals surface area contributed by atoms with E-state index < -0.39 is 0 Å². The van der Waals surface area contributed by atoms with Crippen LogP contribution in [0.2, 0.25) is 0 Å². The van der Waals surface area contributed by atoms with Crippen LogP contribution >= 0.6 is 0 Å². The maximum absolute atomic E-state index is 12.2. The minimum Gasteiger partial charge on any atom is -0.343 e. The Morgan fingerprint density at radius 2 is 1.96 bits per heavy atom. The van der Waals surface area contributed by atoms with Crippen LogP contribution in [0.25, 0.3) is 22.8 Å². The quantitative estimate of drug-likeness (QED) is 0.712. The summed E-state index contributed by atoms with van der Waals surface area (Å²) < 4.78 is 5.42. The Bertz CT molecular complexity index is 967. The smallest absolute Gasteiger partial charge is 0.259 e. The van der Waals surface area contributed by atoms with Gasteiger partial charge in [0.25, 0.3) is 5.89 Å². The molecule has 0 unspecified atom stereocenters. The van der Waals surface area contributed by atoms with Gasteiger partial charge < -0.3 is 14.3 Å². The van der Waals surface area contributed by atoms with Gasteiger partial charge in [-0.05, 0) is 31.5 Å². The van der Waals surface area contributed by atoms with Gasteiger partial charge in [0.1, 0.15) is 11.9 Å². The van der Waals surface area contributed by atoms with Gasteiger partial charge in [-0.3, -0.25) is 4.79 Å². The average Bonchev–Trinajstić information content (AvgIpc) is 3.17. The lowest BCUT2D eigenvalue weighted by atomic mass is 10.1. The van der Waals surface area contributed by atoms with Crippen LogP contribution in [0.3, 0.4) is 0 Å². The molecule has 7 nitrogen and oxygen atoms in total. The molecule has 1 saturated heterocycles. The first-order valence-electron chi connectivity index (χ1n) is 8.92. The third-order valence-corrected chi connectivity index (χ3v) is 4.98. The van der Waals surface area contributed by atoms with E-state index in [0.717, 1.165) is 29.1 Å². The van der Waals surface area contributed by atoms with Gasteiger partial charge in [0.15, 0.2) is 0 Å². The lowest BCUT2D eigenvalue weighted by molar-refractivity contribution is -0.132. The van der Waals surface area contributed by atoms with Crippen molar-refractivity contribution in [3.63, 3.8) is 0 Å². The molecule has 1 amide bonds. The molecule has 1 fully saturated rings. The molecule has 1 aliphatic heterocycles. The molecule has 3 heterocycles. The molecule has 138 valence electrons. The summed E-state index contributed by atoms with van der Waals surface area (Å²) in [7, 11) is 1.83.